The molecule has 0 fully saturated rings. The van der Waals surface area contributed by atoms with E-state index in [9.17, 15) is 4.79 Å². The van der Waals surface area contributed by atoms with Crippen molar-refractivity contribution in [3.63, 3.8) is 0 Å². The van der Waals surface area contributed by atoms with Crippen LogP contribution in [0.4, 0.5) is 0 Å². The molecule has 0 aromatic carbocycles. The molecule has 0 aromatic rings. The van der Waals surface area contributed by atoms with Gasteiger partial charge in [-0.2, -0.15) is 0 Å². The van der Waals surface area contributed by atoms with E-state index in [1.54, 1.807) is 6.08 Å². The minimum absolute atomic E-state index is 0. The van der Waals surface area contributed by atoms with Crippen molar-refractivity contribution in [3.8, 4) is 0 Å². The lowest BCUT2D eigenvalue weighted by molar-refractivity contribution is -0.829. The summed E-state index contributed by atoms with van der Waals surface area (Å²) in [7, 11) is 0. The van der Waals surface area contributed by atoms with E-state index >= 15 is 0 Å². The SMILES string of the molecule is C=CCC1=NCC[N+]1(CCO)CC(=O)O.[OH-]. The van der Waals surface area contributed by atoms with Crippen molar-refractivity contribution in [2.45, 2.75) is 6.42 Å². The zero-order chi connectivity index (χ0) is 11.3. The van der Waals surface area contributed by atoms with E-state index in [2.05, 4.69) is 11.6 Å². The number of hydrogen-bond donors (Lipinski definition) is 2. The molecule has 0 saturated carbocycles. The molecule has 6 heteroatoms. The van der Waals surface area contributed by atoms with Crippen LogP contribution in [0.2, 0.25) is 0 Å². The lowest BCUT2D eigenvalue weighted by atomic mass is 10.2. The Morgan fingerprint density at radius 2 is 2.31 bits per heavy atom. The molecule has 0 spiro atoms. The quantitative estimate of drug-likeness (QED) is 0.483. The standard InChI is InChI=1S/C10H16N2O3.H2O/c1-2-3-9-11-4-5-12(9,6-7-13)8-10(14)15;/h2,13H,1,3-8H2;1H2. The zero-order valence-electron chi connectivity index (χ0n) is 9.17. The molecule has 0 aliphatic carbocycles. The number of aliphatic imine (C=N–C) groups is 1. The van der Waals surface area contributed by atoms with Crippen LogP contribution >= 0.6 is 0 Å². The number of amidine groups is 1. The smallest absolute Gasteiger partial charge is 0.359 e. The van der Waals surface area contributed by atoms with Crippen molar-refractivity contribution in [2.24, 2.45) is 4.99 Å². The van der Waals surface area contributed by atoms with Gasteiger partial charge in [0.2, 0.25) is 5.84 Å². The number of aliphatic carboxylic acids is 1. The summed E-state index contributed by atoms with van der Waals surface area (Å²) in [5.41, 5.74) is 0. The molecule has 92 valence electrons. The van der Waals surface area contributed by atoms with Crippen molar-refractivity contribution in [3.05, 3.63) is 12.7 Å². The first kappa shape index (κ1) is 14.8. The Labute approximate surface area is 94.4 Å². The highest BCUT2D eigenvalue weighted by Crippen LogP contribution is 2.17. The summed E-state index contributed by atoms with van der Waals surface area (Å²) in [5.74, 6) is -0.0384. The number of rotatable bonds is 6. The summed E-state index contributed by atoms with van der Waals surface area (Å²) in [5, 5.41) is 17.9. The molecule has 0 radical (unpaired) electrons. The molecule has 0 saturated heterocycles. The zero-order valence-corrected chi connectivity index (χ0v) is 9.17. The summed E-state index contributed by atoms with van der Waals surface area (Å²) in [4.78, 5) is 15.1. The van der Waals surface area contributed by atoms with E-state index in [0.29, 0.717) is 26.1 Å². The van der Waals surface area contributed by atoms with Crippen LogP contribution in [0.15, 0.2) is 17.6 Å². The summed E-state index contributed by atoms with van der Waals surface area (Å²) >= 11 is 0. The van der Waals surface area contributed by atoms with E-state index in [0.717, 1.165) is 5.84 Å². The molecule has 1 heterocycles. The molecule has 0 amide bonds. The number of carbonyl (C=O) groups is 1. The van der Waals surface area contributed by atoms with E-state index in [4.69, 9.17) is 10.2 Å². The third-order valence-electron chi connectivity index (χ3n) is 2.66. The van der Waals surface area contributed by atoms with Gasteiger partial charge in [-0.25, -0.2) is 9.79 Å². The Morgan fingerprint density at radius 1 is 1.62 bits per heavy atom. The number of aliphatic hydroxyl groups is 1. The Morgan fingerprint density at radius 3 is 2.81 bits per heavy atom. The molecule has 1 aliphatic rings. The Hall–Kier alpha value is -1.24. The highest BCUT2D eigenvalue weighted by molar-refractivity contribution is 5.81. The summed E-state index contributed by atoms with van der Waals surface area (Å²) in [6.07, 6.45) is 2.31. The van der Waals surface area contributed by atoms with Crippen molar-refractivity contribution in [2.75, 3.05) is 32.8 Å². The van der Waals surface area contributed by atoms with Crippen LogP contribution in [-0.4, -0.2) is 64.8 Å². The van der Waals surface area contributed by atoms with Gasteiger partial charge in [0, 0.05) is 0 Å². The number of quaternary nitrogens is 1. The molecule has 1 rings (SSSR count). The largest absolute Gasteiger partial charge is 0.870 e. The lowest BCUT2D eigenvalue weighted by Crippen LogP contribution is -2.55. The lowest BCUT2D eigenvalue weighted by Gasteiger charge is -2.32. The number of carboxylic acids is 1. The van der Waals surface area contributed by atoms with Crippen molar-refractivity contribution >= 4 is 11.8 Å². The fraction of sp³-hybridized carbons (Fsp3) is 0.600. The second-order valence-electron chi connectivity index (χ2n) is 3.66. The normalized spacial score (nSPS) is 23.4. The molecule has 6 nitrogen and oxygen atoms in total. The van der Waals surface area contributed by atoms with Crippen molar-refractivity contribution in [1.29, 1.82) is 0 Å². The van der Waals surface area contributed by atoms with Gasteiger partial charge in [0.05, 0.1) is 19.6 Å². The van der Waals surface area contributed by atoms with Crippen LogP contribution in [0.3, 0.4) is 0 Å². The van der Waals surface area contributed by atoms with Gasteiger partial charge in [0.25, 0.3) is 0 Å². The minimum atomic E-state index is -0.859. The number of hydrogen-bond acceptors (Lipinski definition) is 4. The Balaban J connectivity index is 0.00000225. The number of carboxylic acid groups (broad SMARTS) is 1. The van der Waals surface area contributed by atoms with Gasteiger partial charge in [-0.1, -0.05) is 6.08 Å². The summed E-state index contributed by atoms with van der Waals surface area (Å²) < 4.78 is 0.276. The van der Waals surface area contributed by atoms with Gasteiger partial charge in [0.15, 0.2) is 6.54 Å². The van der Waals surface area contributed by atoms with Crippen LogP contribution in [0.5, 0.6) is 0 Å². The second-order valence-corrected chi connectivity index (χ2v) is 3.66. The first-order valence-electron chi connectivity index (χ1n) is 4.98. The van der Waals surface area contributed by atoms with Crippen LogP contribution in [-0.2, 0) is 4.79 Å². The van der Waals surface area contributed by atoms with E-state index in [1.165, 1.54) is 0 Å². The third-order valence-corrected chi connectivity index (χ3v) is 2.66. The maximum atomic E-state index is 10.8. The van der Waals surface area contributed by atoms with Gasteiger partial charge >= 0.3 is 5.97 Å². The van der Waals surface area contributed by atoms with Crippen LogP contribution in [0.25, 0.3) is 0 Å². The molecule has 1 unspecified atom stereocenters. The predicted molar refractivity (Wildman–Crippen MR) is 58.6 cm³/mol. The topological polar surface area (TPSA) is 99.9 Å². The van der Waals surface area contributed by atoms with Crippen LogP contribution in [0.1, 0.15) is 6.42 Å². The van der Waals surface area contributed by atoms with Crippen LogP contribution in [0, 0.1) is 0 Å². The molecular formula is C10H18N2O4. The highest BCUT2D eigenvalue weighted by Gasteiger charge is 2.38. The molecule has 0 bridgehead atoms. The first-order valence-corrected chi connectivity index (χ1v) is 4.98. The van der Waals surface area contributed by atoms with Crippen molar-refractivity contribution < 1.29 is 25.0 Å². The second kappa shape index (κ2) is 6.37. The van der Waals surface area contributed by atoms with Gasteiger partial charge < -0.3 is 15.7 Å². The van der Waals surface area contributed by atoms with Gasteiger partial charge in [-0.05, 0) is 0 Å². The summed E-state index contributed by atoms with van der Waals surface area (Å²) in [6, 6.07) is 0. The molecular weight excluding hydrogens is 212 g/mol. The van der Waals surface area contributed by atoms with E-state index in [-0.39, 0.29) is 23.1 Å². The van der Waals surface area contributed by atoms with E-state index in [1.807, 2.05) is 0 Å². The minimum Gasteiger partial charge on any atom is -0.870 e. The highest BCUT2D eigenvalue weighted by atomic mass is 16.4. The maximum Gasteiger partial charge on any atom is 0.359 e. The third kappa shape index (κ3) is 3.13. The van der Waals surface area contributed by atoms with Gasteiger partial charge in [-0.15, -0.1) is 6.58 Å². The molecule has 1 aliphatic heterocycles. The van der Waals surface area contributed by atoms with E-state index < -0.39 is 5.97 Å². The molecule has 1 atom stereocenters. The molecule has 0 aromatic heterocycles. The summed E-state index contributed by atoms with van der Waals surface area (Å²) in [6.45, 7) is 5.31. The Bertz CT molecular complexity index is 291. The van der Waals surface area contributed by atoms with Crippen LogP contribution < -0.4 is 0 Å². The number of aliphatic hydroxyl groups excluding tert-OH is 1. The fourth-order valence-corrected chi connectivity index (χ4v) is 1.98. The van der Waals surface area contributed by atoms with Gasteiger partial charge in [0.1, 0.15) is 13.1 Å². The van der Waals surface area contributed by atoms with Crippen molar-refractivity contribution in [1.82, 2.24) is 0 Å². The predicted octanol–water partition coefficient (Wildman–Crippen LogP) is -0.309. The Kier molecular flexibility index (Phi) is 5.87. The maximum absolute atomic E-state index is 10.8. The average Bonchev–Trinajstić information content (AvgIpc) is 2.49. The number of nitrogens with zero attached hydrogens (tertiary/aromatic N) is 2. The molecule has 16 heavy (non-hydrogen) atoms. The van der Waals surface area contributed by atoms with Gasteiger partial charge in [-0.3, -0.25) is 4.48 Å². The molecule has 3 N–H and O–H groups in total. The fourth-order valence-electron chi connectivity index (χ4n) is 1.98. The first-order chi connectivity index (χ1) is 7.14. The monoisotopic (exact) mass is 230 g/mol. The average molecular weight is 230 g/mol.